The maximum atomic E-state index is 12.7. The van der Waals surface area contributed by atoms with E-state index in [2.05, 4.69) is 10.0 Å². The Kier molecular flexibility index (Phi) is 6.56. The molecular weight excluding hydrogens is 314 g/mol. The van der Waals surface area contributed by atoms with Crippen LogP contribution in [0.3, 0.4) is 0 Å². The third-order valence-electron chi connectivity index (χ3n) is 3.97. The van der Waals surface area contributed by atoms with Crippen LogP contribution in [0.5, 0.6) is 0 Å². The number of benzene rings is 1. The molecule has 23 heavy (non-hydrogen) atoms. The highest BCUT2D eigenvalue weighted by molar-refractivity contribution is 7.89. The van der Waals surface area contributed by atoms with Crippen molar-refractivity contribution < 1.29 is 13.2 Å². The number of amides is 1. The van der Waals surface area contributed by atoms with E-state index in [-0.39, 0.29) is 18.2 Å². The second-order valence-corrected chi connectivity index (χ2v) is 7.72. The lowest BCUT2D eigenvalue weighted by Crippen LogP contribution is -2.42. The third-order valence-corrected chi connectivity index (χ3v) is 5.38. The van der Waals surface area contributed by atoms with Gasteiger partial charge in [0.05, 0.1) is 5.75 Å². The molecule has 6 nitrogen and oxygen atoms in total. The van der Waals surface area contributed by atoms with Crippen molar-refractivity contribution in [3.8, 4) is 0 Å². The molecule has 1 aliphatic heterocycles. The number of nitrogens with one attached hydrogen (secondary N) is 2. The van der Waals surface area contributed by atoms with Gasteiger partial charge in [-0.05, 0) is 25.3 Å². The molecule has 2 rings (SSSR count). The van der Waals surface area contributed by atoms with Gasteiger partial charge in [0.25, 0.3) is 0 Å². The van der Waals surface area contributed by atoms with Crippen LogP contribution in [-0.4, -0.2) is 51.2 Å². The molecule has 1 aromatic carbocycles. The van der Waals surface area contributed by atoms with E-state index in [9.17, 15) is 13.2 Å². The molecule has 1 aliphatic rings. The lowest BCUT2D eigenvalue weighted by molar-refractivity contribution is -0.132. The van der Waals surface area contributed by atoms with Gasteiger partial charge in [0.2, 0.25) is 15.9 Å². The van der Waals surface area contributed by atoms with Crippen LogP contribution >= 0.6 is 0 Å². The minimum absolute atomic E-state index is 0.0574. The van der Waals surface area contributed by atoms with Crippen molar-refractivity contribution in [1.29, 1.82) is 0 Å². The zero-order valence-corrected chi connectivity index (χ0v) is 14.3. The summed E-state index contributed by atoms with van der Waals surface area (Å²) >= 11 is 0. The molecule has 0 bridgehead atoms. The Balaban J connectivity index is 1.98. The molecule has 128 valence electrons. The molecule has 0 aliphatic carbocycles. The Morgan fingerprint density at radius 1 is 1.17 bits per heavy atom. The molecule has 0 spiro atoms. The summed E-state index contributed by atoms with van der Waals surface area (Å²) in [5, 5.41) is 3.19. The van der Waals surface area contributed by atoms with Crippen molar-refractivity contribution >= 4 is 15.9 Å². The monoisotopic (exact) mass is 339 g/mol. The summed E-state index contributed by atoms with van der Waals surface area (Å²) in [6.07, 6.45) is 2.09. The number of likely N-dealkylation sites (tertiary alicyclic amines) is 1. The van der Waals surface area contributed by atoms with E-state index in [4.69, 9.17) is 0 Å². The summed E-state index contributed by atoms with van der Waals surface area (Å²) < 4.78 is 25.4. The van der Waals surface area contributed by atoms with Crippen LogP contribution in [0.4, 0.5) is 0 Å². The number of sulfonamides is 1. The van der Waals surface area contributed by atoms with Gasteiger partial charge in [-0.15, -0.1) is 0 Å². The van der Waals surface area contributed by atoms with E-state index in [1.807, 2.05) is 35.2 Å². The summed E-state index contributed by atoms with van der Waals surface area (Å²) in [5.41, 5.74) is 0.905. The molecule has 0 saturated carbocycles. The molecule has 1 amide bonds. The second kappa shape index (κ2) is 8.42. The molecule has 0 aromatic heterocycles. The fourth-order valence-electron chi connectivity index (χ4n) is 2.64. The van der Waals surface area contributed by atoms with Gasteiger partial charge in [-0.3, -0.25) is 4.79 Å². The number of hydrogen-bond acceptors (Lipinski definition) is 4. The summed E-state index contributed by atoms with van der Waals surface area (Å²) in [5.74, 6) is 0.119. The first-order valence-corrected chi connectivity index (χ1v) is 9.73. The van der Waals surface area contributed by atoms with Crippen LogP contribution in [0, 0.1) is 0 Å². The van der Waals surface area contributed by atoms with Crippen LogP contribution in [0.15, 0.2) is 30.3 Å². The summed E-state index contributed by atoms with van der Waals surface area (Å²) in [6.45, 7) is 3.86. The van der Waals surface area contributed by atoms with Crippen molar-refractivity contribution in [1.82, 2.24) is 14.9 Å². The van der Waals surface area contributed by atoms with Crippen LogP contribution < -0.4 is 10.0 Å². The summed E-state index contributed by atoms with van der Waals surface area (Å²) in [7, 11) is -3.20. The molecule has 0 unspecified atom stereocenters. The molecule has 1 saturated heterocycles. The van der Waals surface area contributed by atoms with E-state index in [0.717, 1.165) is 31.5 Å². The SMILES string of the molecule is CCS(=O)(=O)NCCN[C@H](C(=O)N1CCCC1)c1ccccc1. The second-order valence-electron chi connectivity index (χ2n) is 5.63. The molecule has 0 radical (unpaired) electrons. The molecule has 7 heteroatoms. The van der Waals surface area contributed by atoms with Crippen LogP contribution in [0.25, 0.3) is 0 Å². The molecule has 1 heterocycles. The standard InChI is InChI=1S/C16H25N3O3S/c1-2-23(21,22)18-11-10-17-15(14-8-4-3-5-9-14)16(20)19-12-6-7-13-19/h3-5,8-9,15,17-18H,2,6-7,10-13H2,1H3/t15-/m0/s1. The zero-order valence-electron chi connectivity index (χ0n) is 13.5. The Morgan fingerprint density at radius 2 is 1.83 bits per heavy atom. The first-order valence-electron chi connectivity index (χ1n) is 8.08. The Morgan fingerprint density at radius 3 is 2.43 bits per heavy atom. The summed E-state index contributed by atoms with van der Waals surface area (Å²) in [6, 6.07) is 9.13. The molecule has 1 fully saturated rings. The maximum absolute atomic E-state index is 12.7. The molecule has 1 atom stereocenters. The summed E-state index contributed by atoms with van der Waals surface area (Å²) in [4.78, 5) is 14.6. The van der Waals surface area contributed by atoms with Crippen molar-refractivity contribution in [2.24, 2.45) is 0 Å². The van der Waals surface area contributed by atoms with Gasteiger partial charge >= 0.3 is 0 Å². The van der Waals surface area contributed by atoms with Gasteiger partial charge in [0.1, 0.15) is 6.04 Å². The number of nitrogens with zero attached hydrogens (tertiary/aromatic N) is 1. The number of carbonyl (C=O) groups excluding carboxylic acids is 1. The lowest BCUT2D eigenvalue weighted by atomic mass is 10.1. The van der Waals surface area contributed by atoms with Crippen LogP contribution in [0.1, 0.15) is 31.4 Å². The van der Waals surface area contributed by atoms with Crippen molar-refractivity contribution in [2.75, 3.05) is 31.9 Å². The predicted octanol–water partition coefficient (Wildman–Crippen LogP) is 0.879. The largest absolute Gasteiger partial charge is 0.341 e. The van der Waals surface area contributed by atoms with E-state index in [1.54, 1.807) is 6.92 Å². The topological polar surface area (TPSA) is 78.5 Å². The number of carbonyl (C=O) groups is 1. The highest BCUT2D eigenvalue weighted by Crippen LogP contribution is 2.18. The van der Waals surface area contributed by atoms with Gasteiger partial charge in [-0.1, -0.05) is 30.3 Å². The van der Waals surface area contributed by atoms with E-state index in [1.165, 1.54) is 0 Å². The van der Waals surface area contributed by atoms with Crippen molar-refractivity contribution in [3.05, 3.63) is 35.9 Å². The number of rotatable bonds is 8. The Hall–Kier alpha value is -1.44. The highest BCUT2D eigenvalue weighted by atomic mass is 32.2. The molecule has 2 N–H and O–H groups in total. The Labute approximate surface area is 138 Å². The molecular formula is C16H25N3O3S. The molecule has 1 aromatic rings. The van der Waals surface area contributed by atoms with Gasteiger partial charge in [-0.25, -0.2) is 13.1 Å². The fourth-order valence-corrected chi connectivity index (χ4v) is 3.26. The maximum Gasteiger partial charge on any atom is 0.244 e. The average molecular weight is 339 g/mol. The normalized spacial score (nSPS) is 16.5. The van der Waals surface area contributed by atoms with E-state index in [0.29, 0.717) is 6.54 Å². The highest BCUT2D eigenvalue weighted by Gasteiger charge is 2.27. The first-order chi connectivity index (χ1) is 11.0. The quantitative estimate of drug-likeness (QED) is 0.689. The van der Waals surface area contributed by atoms with Crippen LogP contribution in [0.2, 0.25) is 0 Å². The Bertz CT molecular complexity index is 598. The first kappa shape index (κ1) is 17.9. The van der Waals surface area contributed by atoms with Gasteiger partial charge in [0, 0.05) is 26.2 Å². The van der Waals surface area contributed by atoms with Gasteiger partial charge in [0.15, 0.2) is 0 Å². The minimum Gasteiger partial charge on any atom is -0.341 e. The number of hydrogen-bond donors (Lipinski definition) is 2. The van der Waals surface area contributed by atoms with Crippen molar-refractivity contribution in [3.63, 3.8) is 0 Å². The lowest BCUT2D eigenvalue weighted by Gasteiger charge is -2.24. The van der Waals surface area contributed by atoms with E-state index >= 15 is 0 Å². The minimum atomic E-state index is -3.20. The van der Waals surface area contributed by atoms with Gasteiger partial charge in [-0.2, -0.15) is 0 Å². The van der Waals surface area contributed by atoms with Gasteiger partial charge < -0.3 is 10.2 Å². The predicted molar refractivity (Wildman–Crippen MR) is 90.5 cm³/mol. The fraction of sp³-hybridized carbons (Fsp3) is 0.562. The third kappa shape index (κ3) is 5.30. The average Bonchev–Trinajstić information content (AvgIpc) is 3.09. The van der Waals surface area contributed by atoms with E-state index < -0.39 is 16.1 Å². The smallest absolute Gasteiger partial charge is 0.244 e. The zero-order chi connectivity index (χ0) is 16.7. The van der Waals surface area contributed by atoms with Crippen LogP contribution in [-0.2, 0) is 14.8 Å². The van der Waals surface area contributed by atoms with Crippen molar-refractivity contribution in [2.45, 2.75) is 25.8 Å².